The molecular weight excluding hydrogens is 230 g/mol. The Morgan fingerprint density at radius 3 is 2.33 bits per heavy atom. The molecule has 2 rings (SSSR count). The highest BCUT2D eigenvalue weighted by atomic mass is 16.5. The van der Waals surface area contributed by atoms with Gasteiger partial charge in [-0.3, -0.25) is 4.79 Å². The van der Waals surface area contributed by atoms with E-state index in [9.17, 15) is 4.79 Å². The van der Waals surface area contributed by atoms with Crippen LogP contribution in [0, 0.1) is 11.3 Å². The molecule has 0 atom stereocenters. The molecule has 0 fully saturated rings. The van der Waals surface area contributed by atoms with Crippen LogP contribution in [0.25, 0.3) is 11.4 Å². The molecule has 0 aliphatic heterocycles. The highest BCUT2D eigenvalue weighted by molar-refractivity contribution is 5.69. The van der Waals surface area contributed by atoms with Crippen LogP contribution < -0.4 is 4.74 Å². The number of carbonyl (C=O) groups excluding carboxylic acids is 1. The van der Waals surface area contributed by atoms with Gasteiger partial charge in [-0.15, -0.1) is 0 Å². The Hall–Kier alpha value is -2.74. The normalized spacial score (nSPS) is 9.56. The first kappa shape index (κ1) is 11.7. The van der Waals surface area contributed by atoms with Crippen molar-refractivity contribution in [1.82, 2.24) is 9.97 Å². The van der Waals surface area contributed by atoms with E-state index in [2.05, 4.69) is 9.97 Å². The zero-order valence-electron chi connectivity index (χ0n) is 9.62. The molecule has 0 spiro atoms. The van der Waals surface area contributed by atoms with Gasteiger partial charge in [0.2, 0.25) is 0 Å². The van der Waals surface area contributed by atoms with Gasteiger partial charge in [-0.2, -0.15) is 5.26 Å². The number of benzene rings is 1. The van der Waals surface area contributed by atoms with E-state index in [0.717, 1.165) is 5.56 Å². The smallest absolute Gasteiger partial charge is 0.308 e. The van der Waals surface area contributed by atoms with E-state index in [1.54, 1.807) is 24.3 Å². The Morgan fingerprint density at radius 1 is 1.22 bits per heavy atom. The molecule has 18 heavy (non-hydrogen) atoms. The van der Waals surface area contributed by atoms with Crippen molar-refractivity contribution in [2.45, 2.75) is 6.92 Å². The van der Waals surface area contributed by atoms with Gasteiger partial charge in [0.15, 0.2) is 5.82 Å². The van der Waals surface area contributed by atoms with Crippen molar-refractivity contribution >= 4 is 5.97 Å². The minimum atomic E-state index is -0.364. The summed E-state index contributed by atoms with van der Waals surface area (Å²) in [6, 6.07) is 8.78. The lowest BCUT2D eigenvalue weighted by atomic mass is 10.2. The number of esters is 1. The summed E-state index contributed by atoms with van der Waals surface area (Å²) in [6.07, 6.45) is 2.92. The van der Waals surface area contributed by atoms with Crippen LogP contribution in [0.15, 0.2) is 36.7 Å². The first-order valence-corrected chi connectivity index (χ1v) is 5.20. The summed E-state index contributed by atoms with van der Waals surface area (Å²) in [5.41, 5.74) is 1.20. The fraction of sp³-hybridized carbons (Fsp3) is 0.0769. The van der Waals surface area contributed by atoms with Crippen molar-refractivity contribution in [1.29, 1.82) is 5.26 Å². The van der Waals surface area contributed by atoms with Gasteiger partial charge in [-0.1, -0.05) is 0 Å². The van der Waals surface area contributed by atoms with Crippen LogP contribution in [0.5, 0.6) is 5.75 Å². The lowest BCUT2D eigenvalue weighted by Gasteiger charge is -2.02. The van der Waals surface area contributed by atoms with E-state index in [4.69, 9.17) is 10.00 Å². The zero-order valence-corrected chi connectivity index (χ0v) is 9.62. The van der Waals surface area contributed by atoms with Crippen LogP contribution in [0.3, 0.4) is 0 Å². The van der Waals surface area contributed by atoms with Crippen molar-refractivity contribution < 1.29 is 9.53 Å². The molecule has 0 unspecified atom stereocenters. The predicted octanol–water partition coefficient (Wildman–Crippen LogP) is 1.94. The zero-order chi connectivity index (χ0) is 13.0. The average Bonchev–Trinajstić information content (AvgIpc) is 2.39. The molecule has 0 aliphatic carbocycles. The molecule has 0 bridgehead atoms. The Morgan fingerprint density at radius 2 is 1.83 bits per heavy atom. The molecule has 2 aromatic rings. The summed E-state index contributed by atoms with van der Waals surface area (Å²) >= 11 is 0. The SMILES string of the molecule is CC(=O)Oc1ccc(-c2ncc(C#N)cn2)cc1. The van der Waals surface area contributed by atoms with Gasteiger partial charge in [0.05, 0.1) is 5.56 Å². The molecule has 0 amide bonds. The molecule has 0 aliphatic rings. The highest BCUT2D eigenvalue weighted by Gasteiger charge is 2.03. The van der Waals surface area contributed by atoms with Gasteiger partial charge in [0.1, 0.15) is 11.8 Å². The summed E-state index contributed by atoms with van der Waals surface area (Å²) in [7, 11) is 0. The Balaban J connectivity index is 2.23. The second kappa shape index (κ2) is 5.06. The molecule has 88 valence electrons. The summed E-state index contributed by atoms with van der Waals surface area (Å²) in [4.78, 5) is 18.9. The molecular formula is C13H9N3O2. The van der Waals surface area contributed by atoms with Crippen LogP contribution in [0.1, 0.15) is 12.5 Å². The summed E-state index contributed by atoms with van der Waals surface area (Å²) in [5, 5.41) is 8.64. The maximum Gasteiger partial charge on any atom is 0.308 e. The Bertz CT molecular complexity index is 598. The van der Waals surface area contributed by atoms with Crippen molar-refractivity contribution in [2.75, 3.05) is 0 Å². The summed E-state index contributed by atoms with van der Waals surface area (Å²) in [5.74, 6) is 0.626. The van der Waals surface area contributed by atoms with Crippen LogP contribution in [-0.4, -0.2) is 15.9 Å². The number of nitriles is 1. The Labute approximate surface area is 104 Å². The first-order valence-electron chi connectivity index (χ1n) is 5.20. The van der Waals surface area contributed by atoms with Crippen LogP contribution in [0.4, 0.5) is 0 Å². The van der Waals surface area contributed by atoms with Gasteiger partial charge in [0, 0.05) is 24.9 Å². The number of ether oxygens (including phenoxy) is 1. The largest absolute Gasteiger partial charge is 0.427 e. The fourth-order valence-corrected chi connectivity index (χ4v) is 1.37. The number of rotatable bonds is 2. The van der Waals surface area contributed by atoms with Crippen molar-refractivity contribution in [3.8, 4) is 23.2 Å². The minimum absolute atomic E-state index is 0.364. The van der Waals surface area contributed by atoms with Crippen LogP contribution >= 0.6 is 0 Å². The summed E-state index contributed by atoms with van der Waals surface area (Å²) in [6.45, 7) is 1.34. The molecule has 5 nitrogen and oxygen atoms in total. The number of hydrogen-bond donors (Lipinski definition) is 0. The van der Waals surface area contributed by atoms with E-state index in [0.29, 0.717) is 17.1 Å². The molecule has 1 aromatic heterocycles. The van der Waals surface area contributed by atoms with Crippen molar-refractivity contribution in [3.63, 3.8) is 0 Å². The molecule has 0 N–H and O–H groups in total. The van der Waals surface area contributed by atoms with E-state index in [-0.39, 0.29) is 5.97 Å². The molecule has 0 saturated carbocycles. The third-order valence-corrected chi connectivity index (χ3v) is 2.16. The quantitative estimate of drug-likeness (QED) is 0.591. The lowest BCUT2D eigenvalue weighted by Crippen LogP contribution is -2.01. The van der Waals surface area contributed by atoms with E-state index < -0.39 is 0 Å². The molecule has 5 heteroatoms. The van der Waals surface area contributed by atoms with Crippen molar-refractivity contribution in [3.05, 3.63) is 42.2 Å². The predicted molar refractivity (Wildman–Crippen MR) is 63.5 cm³/mol. The second-order valence-electron chi connectivity index (χ2n) is 3.53. The topological polar surface area (TPSA) is 75.9 Å². The van der Waals surface area contributed by atoms with Gasteiger partial charge in [-0.05, 0) is 24.3 Å². The standard InChI is InChI=1S/C13H9N3O2/c1-9(17)18-12-4-2-11(3-5-12)13-15-7-10(6-14)8-16-13/h2-5,7-8H,1H3. The summed E-state index contributed by atoms with van der Waals surface area (Å²) < 4.78 is 4.92. The van der Waals surface area contributed by atoms with Gasteiger partial charge in [0.25, 0.3) is 0 Å². The second-order valence-corrected chi connectivity index (χ2v) is 3.53. The minimum Gasteiger partial charge on any atom is -0.427 e. The fourth-order valence-electron chi connectivity index (χ4n) is 1.37. The average molecular weight is 239 g/mol. The van der Waals surface area contributed by atoms with Crippen molar-refractivity contribution in [2.24, 2.45) is 0 Å². The third kappa shape index (κ3) is 2.68. The van der Waals surface area contributed by atoms with Gasteiger partial charge >= 0.3 is 5.97 Å². The van der Waals surface area contributed by atoms with Crippen LogP contribution in [-0.2, 0) is 4.79 Å². The molecule has 1 heterocycles. The van der Waals surface area contributed by atoms with Gasteiger partial charge < -0.3 is 4.74 Å². The highest BCUT2D eigenvalue weighted by Crippen LogP contribution is 2.19. The van der Waals surface area contributed by atoms with E-state index in [1.165, 1.54) is 19.3 Å². The first-order chi connectivity index (χ1) is 8.69. The monoisotopic (exact) mass is 239 g/mol. The van der Waals surface area contributed by atoms with E-state index >= 15 is 0 Å². The molecule has 0 saturated heterocycles. The Kier molecular flexibility index (Phi) is 3.30. The molecule has 0 radical (unpaired) electrons. The van der Waals surface area contributed by atoms with E-state index in [1.807, 2.05) is 6.07 Å². The van der Waals surface area contributed by atoms with Gasteiger partial charge in [-0.25, -0.2) is 9.97 Å². The molecule has 1 aromatic carbocycles. The number of aromatic nitrogens is 2. The third-order valence-electron chi connectivity index (χ3n) is 2.16. The number of carbonyl (C=O) groups is 1. The maximum atomic E-state index is 10.8. The lowest BCUT2D eigenvalue weighted by molar-refractivity contribution is -0.131. The van der Waals surface area contributed by atoms with Crippen LogP contribution in [0.2, 0.25) is 0 Å². The maximum absolute atomic E-state index is 10.8. The number of hydrogen-bond acceptors (Lipinski definition) is 5. The number of nitrogens with zero attached hydrogens (tertiary/aromatic N) is 3.